The van der Waals surface area contributed by atoms with Gasteiger partial charge >= 0.3 is 0 Å². The molecule has 138 valence electrons. The summed E-state index contributed by atoms with van der Waals surface area (Å²) in [7, 11) is 1.69. The lowest BCUT2D eigenvalue weighted by molar-refractivity contribution is 0.0741. The minimum absolute atomic E-state index is 0.191. The highest BCUT2D eigenvalue weighted by Crippen LogP contribution is 2.30. The Morgan fingerprint density at radius 3 is 2.77 bits per heavy atom. The van der Waals surface area contributed by atoms with Gasteiger partial charge in [-0.3, -0.25) is 9.69 Å². The molecular formula is C21H26N2O2S. The van der Waals surface area contributed by atoms with Gasteiger partial charge in [0.15, 0.2) is 0 Å². The second-order valence-corrected chi connectivity index (χ2v) is 8.59. The zero-order chi connectivity index (χ0) is 17.9. The zero-order valence-electron chi connectivity index (χ0n) is 15.3. The summed E-state index contributed by atoms with van der Waals surface area (Å²) < 4.78 is 5.18. The third kappa shape index (κ3) is 3.85. The first-order valence-electron chi connectivity index (χ1n) is 9.38. The molecule has 0 N–H and O–H groups in total. The van der Waals surface area contributed by atoms with Gasteiger partial charge in [-0.05, 0) is 36.5 Å². The molecule has 2 atom stereocenters. The summed E-state index contributed by atoms with van der Waals surface area (Å²) in [6.45, 7) is 4.40. The molecule has 1 aromatic heterocycles. The van der Waals surface area contributed by atoms with Gasteiger partial charge in [0.25, 0.3) is 5.91 Å². The normalized spacial score (nSPS) is 23.2. The monoisotopic (exact) mass is 370 g/mol. The Morgan fingerprint density at radius 2 is 1.96 bits per heavy atom. The highest BCUT2D eigenvalue weighted by atomic mass is 32.1. The topological polar surface area (TPSA) is 32.8 Å². The van der Waals surface area contributed by atoms with E-state index in [1.54, 1.807) is 18.4 Å². The number of nitrogens with zero attached hydrogens (tertiary/aromatic N) is 2. The van der Waals surface area contributed by atoms with E-state index in [0.29, 0.717) is 18.6 Å². The van der Waals surface area contributed by atoms with Crippen LogP contribution in [0.5, 0.6) is 0 Å². The molecule has 3 saturated heterocycles. The van der Waals surface area contributed by atoms with Gasteiger partial charge in [-0.1, -0.05) is 30.3 Å². The Hall–Kier alpha value is -1.69. The number of carbonyl (C=O) groups excluding carboxylic acids is 1. The number of amides is 1. The number of benzene rings is 1. The maximum absolute atomic E-state index is 13.0. The summed E-state index contributed by atoms with van der Waals surface area (Å²) in [5.74, 6) is 0.774. The average Bonchev–Trinajstić information content (AvgIpc) is 2.93. The molecule has 2 bridgehead atoms. The standard InChI is InChI=1S/C21H26N2O2S/c1-25-15-19-9-10-20(26-19)21(24)23-13-17-7-8-18(14-23)22(12-17)11-16-5-3-2-4-6-16/h2-6,9-10,17-18H,7-8,11-15H2,1H3/t17-,18-/m0/s1. The van der Waals surface area contributed by atoms with E-state index in [9.17, 15) is 4.79 Å². The van der Waals surface area contributed by atoms with E-state index in [1.165, 1.54) is 18.4 Å². The zero-order valence-corrected chi connectivity index (χ0v) is 16.1. The first kappa shape index (κ1) is 17.7. The van der Waals surface area contributed by atoms with Crippen LogP contribution in [0, 0.1) is 5.92 Å². The predicted molar refractivity (Wildman–Crippen MR) is 104 cm³/mol. The van der Waals surface area contributed by atoms with Gasteiger partial charge in [0.05, 0.1) is 11.5 Å². The Balaban J connectivity index is 1.46. The van der Waals surface area contributed by atoms with Crippen LogP contribution in [0.3, 0.4) is 0 Å². The van der Waals surface area contributed by atoms with Crippen molar-refractivity contribution in [3.05, 3.63) is 57.8 Å². The SMILES string of the molecule is COCc1ccc(C(=O)N2C[C@H]3CC[C@@H](C2)N(Cc2ccccc2)C3)s1. The van der Waals surface area contributed by atoms with Crippen LogP contribution in [0.4, 0.5) is 0 Å². The van der Waals surface area contributed by atoms with Gasteiger partial charge in [0.2, 0.25) is 0 Å². The molecule has 4 heterocycles. The van der Waals surface area contributed by atoms with Crippen molar-refractivity contribution in [3.8, 4) is 0 Å². The fraction of sp³-hybridized carbons (Fsp3) is 0.476. The quantitative estimate of drug-likeness (QED) is 0.806. The van der Waals surface area contributed by atoms with Gasteiger partial charge in [0.1, 0.15) is 0 Å². The number of ether oxygens (including phenoxy) is 1. The summed E-state index contributed by atoms with van der Waals surface area (Å²) in [6, 6.07) is 15.1. The fourth-order valence-corrected chi connectivity index (χ4v) is 5.17. The van der Waals surface area contributed by atoms with E-state index >= 15 is 0 Å². The van der Waals surface area contributed by atoms with Crippen molar-refractivity contribution >= 4 is 17.2 Å². The van der Waals surface area contributed by atoms with Crippen LogP contribution in [0.25, 0.3) is 0 Å². The van der Waals surface area contributed by atoms with Crippen molar-refractivity contribution in [1.29, 1.82) is 0 Å². The van der Waals surface area contributed by atoms with E-state index in [0.717, 1.165) is 35.9 Å². The van der Waals surface area contributed by atoms with E-state index in [2.05, 4.69) is 40.1 Å². The number of carbonyl (C=O) groups is 1. The van der Waals surface area contributed by atoms with Gasteiger partial charge in [-0.2, -0.15) is 0 Å². The van der Waals surface area contributed by atoms with Crippen molar-refractivity contribution < 1.29 is 9.53 Å². The van der Waals surface area contributed by atoms with Gasteiger partial charge in [-0.25, -0.2) is 0 Å². The summed E-state index contributed by atoms with van der Waals surface area (Å²) >= 11 is 1.56. The molecule has 1 amide bonds. The van der Waals surface area contributed by atoms with Gasteiger partial charge < -0.3 is 9.64 Å². The maximum atomic E-state index is 13.0. The molecule has 5 rings (SSSR count). The Labute approximate surface area is 159 Å². The highest BCUT2D eigenvalue weighted by Gasteiger charge is 2.36. The molecule has 0 saturated carbocycles. The largest absolute Gasteiger partial charge is 0.379 e. The number of hydrogen-bond donors (Lipinski definition) is 0. The van der Waals surface area contributed by atoms with Crippen LogP contribution in [-0.2, 0) is 17.9 Å². The lowest BCUT2D eigenvalue weighted by Gasteiger charge is -2.36. The van der Waals surface area contributed by atoms with Gasteiger partial charge in [0, 0.05) is 44.2 Å². The minimum atomic E-state index is 0.191. The first-order valence-corrected chi connectivity index (χ1v) is 10.2. The maximum Gasteiger partial charge on any atom is 0.263 e. The molecule has 26 heavy (non-hydrogen) atoms. The predicted octanol–water partition coefficient (Wildman–Crippen LogP) is 3.63. The van der Waals surface area contributed by atoms with Crippen LogP contribution >= 0.6 is 11.3 Å². The van der Waals surface area contributed by atoms with Crippen LogP contribution in [0.2, 0.25) is 0 Å². The van der Waals surface area contributed by atoms with E-state index in [-0.39, 0.29) is 5.91 Å². The molecule has 0 aliphatic carbocycles. The third-order valence-corrected chi connectivity index (χ3v) is 6.55. The molecule has 3 fully saturated rings. The highest BCUT2D eigenvalue weighted by molar-refractivity contribution is 7.14. The summed E-state index contributed by atoms with van der Waals surface area (Å²) in [4.78, 5) is 19.7. The molecule has 0 radical (unpaired) electrons. The number of hydrogen-bond acceptors (Lipinski definition) is 4. The molecule has 5 heteroatoms. The lowest BCUT2D eigenvalue weighted by Crippen LogP contribution is -2.43. The molecule has 1 aromatic carbocycles. The first-order chi connectivity index (χ1) is 12.7. The van der Waals surface area contributed by atoms with Crippen molar-refractivity contribution in [2.45, 2.75) is 32.0 Å². The summed E-state index contributed by atoms with van der Waals surface area (Å²) in [5, 5.41) is 0. The molecular weight excluding hydrogens is 344 g/mol. The fourth-order valence-electron chi connectivity index (χ4n) is 4.22. The Morgan fingerprint density at radius 1 is 1.12 bits per heavy atom. The van der Waals surface area contributed by atoms with Crippen LogP contribution in [0.1, 0.15) is 33.0 Å². The lowest BCUT2D eigenvalue weighted by atomic mass is 9.94. The third-order valence-electron chi connectivity index (χ3n) is 5.50. The number of fused-ring (bicyclic) bond motifs is 4. The minimum Gasteiger partial charge on any atom is -0.379 e. The second-order valence-electron chi connectivity index (χ2n) is 7.42. The number of rotatable bonds is 5. The number of piperidine rings is 1. The molecule has 0 unspecified atom stereocenters. The van der Waals surface area contributed by atoms with Crippen LogP contribution in [-0.4, -0.2) is 48.5 Å². The Kier molecular flexibility index (Phi) is 5.38. The Bertz CT molecular complexity index is 745. The molecule has 4 nitrogen and oxygen atoms in total. The van der Waals surface area contributed by atoms with E-state index in [1.807, 2.05) is 12.1 Å². The van der Waals surface area contributed by atoms with E-state index in [4.69, 9.17) is 4.74 Å². The number of thiophene rings is 1. The van der Waals surface area contributed by atoms with Crippen molar-refractivity contribution in [3.63, 3.8) is 0 Å². The second kappa shape index (κ2) is 7.91. The summed E-state index contributed by atoms with van der Waals surface area (Å²) in [5.41, 5.74) is 1.36. The van der Waals surface area contributed by atoms with Gasteiger partial charge in [-0.15, -0.1) is 11.3 Å². The van der Waals surface area contributed by atoms with Crippen LogP contribution in [0.15, 0.2) is 42.5 Å². The average molecular weight is 371 g/mol. The number of methoxy groups -OCH3 is 1. The molecule has 3 aliphatic rings. The smallest absolute Gasteiger partial charge is 0.263 e. The van der Waals surface area contributed by atoms with Crippen molar-refractivity contribution in [2.75, 3.05) is 26.7 Å². The summed E-state index contributed by atoms with van der Waals surface area (Å²) in [6.07, 6.45) is 2.43. The van der Waals surface area contributed by atoms with E-state index < -0.39 is 0 Å². The van der Waals surface area contributed by atoms with Crippen LogP contribution < -0.4 is 0 Å². The van der Waals surface area contributed by atoms with Crippen molar-refractivity contribution in [1.82, 2.24) is 9.80 Å². The molecule has 3 aliphatic heterocycles. The molecule has 2 aromatic rings. The van der Waals surface area contributed by atoms with Crippen molar-refractivity contribution in [2.24, 2.45) is 5.92 Å². The molecule has 0 spiro atoms.